The van der Waals surface area contributed by atoms with Gasteiger partial charge in [-0.15, -0.1) is 24.8 Å². The molecule has 1 fully saturated rings. The average molecular weight is 388 g/mol. The highest BCUT2D eigenvalue weighted by atomic mass is 35.5. The van der Waals surface area contributed by atoms with E-state index in [1.165, 1.54) is 17.5 Å². The van der Waals surface area contributed by atoms with Crippen molar-refractivity contribution in [3.8, 4) is 0 Å². The minimum atomic E-state index is 0. The highest BCUT2D eigenvalue weighted by Crippen LogP contribution is 2.31. The third-order valence-corrected chi connectivity index (χ3v) is 5.17. The van der Waals surface area contributed by atoms with Crippen molar-refractivity contribution in [3.05, 3.63) is 29.3 Å². The summed E-state index contributed by atoms with van der Waals surface area (Å²) in [5.74, 6) is 0.954. The summed E-state index contributed by atoms with van der Waals surface area (Å²) in [6, 6.07) is 6.48. The SMILES string of the molecule is CC(C)CCN1Cc2cccc(NC(=O)C3CCC(N)C3)c2C1.Cl.Cl. The molecule has 0 aromatic heterocycles. The number of halogens is 2. The lowest BCUT2D eigenvalue weighted by molar-refractivity contribution is -0.119. The Balaban J connectivity index is 0.00000156. The van der Waals surface area contributed by atoms with Crippen LogP contribution in [0.2, 0.25) is 0 Å². The van der Waals surface area contributed by atoms with E-state index in [1.807, 2.05) is 6.07 Å². The van der Waals surface area contributed by atoms with Crippen LogP contribution in [0.25, 0.3) is 0 Å². The first-order valence-corrected chi connectivity index (χ1v) is 8.92. The van der Waals surface area contributed by atoms with Crippen LogP contribution in [-0.2, 0) is 17.9 Å². The van der Waals surface area contributed by atoms with E-state index in [0.29, 0.717) is 0 Å². The van der Waals surface area contributed by atoms with Crippen LogP contribution in [-0.4, -0.2) is 23.4 Å². The van der Waals surface area contributed by atoms with Crippen LogP contribution in [0.5, 0.6) is 0 Å². The Morgan fingerprint density at radius 3 is 2.68 bits per heavy atom. The molecule has 1 aromatic carbocycles. The molecule has 25 heavy (non-hydrogen) atoms. The summed E-state index contributed by atoms with van der Waals surface area (Å²) in [7, 11) is 0. The second-order valence-electron chi connectivity index (χ2n) is 7.60. The van der Waals surface area contributed by atoms with Crippen molar-refractivity contribution in [2.24, 2.45) is 17.6 Å². The van der Waals surface area contributed by atoms with E-state index < -0.39 is 0 Å². The number of carbonyl (C=O) groups is 1. The minimum Gasteiger partial charge on any atom is -0.328 e. The minimum absolute atomic E-state index is 0. The fraction of sp³-hybridized carbons (Fsp3) is 0.632. The molecule has 3 N–H and O–H groups in total. The molecular weight excluding hydrogens is 357 g/mol. The van der Waals surface area contributed by atoms with Crippen molar-refractivity contribution in [1.29, 1.82) is 0 Å². The van der Waals surface area contributed by atoms with Gasteiger partial charge in [-0.05, 0) is 55.3 Å². The Hall–Kier alpha value is -0.810. The molecule has 1 saturated carbocycles. The maximum atomic E-state index is 12.5. The number of nitrogens with one attached hydrogen (secondary N) is 1. The van der Waals surface area contributed by atoms with Gasteiger partial charge in [0.2, 0.25) is 5.91 Å². The van der Waals surface area contributed by atoms with Crippen LogP contribution >= 0.6 is 24.8 Å². The summed E-state index contributed by atoms with van der Waals surface area (Å²) in [6.07, 6.45) is 3.92. The fourth-order valence-corrected chi connectivity index (χ4v) is 3.70. The molecule has 1 amide bonds. The van der Waals surface area contributed by atoms with Gasteiger partial charge >= 0.3 is 0 Å². The molecule has 0 spiro atoms. The molecule has 2 unspecified atom stereocenters. The molecule has 6 heteroatoms. The second kappa shape index (κ2) is 9.77. The van der Waals surface area contributed by atoms with E-state index in [1.54, 1.807) is 0 Å². The van der Waals surface area contributed by atoms with E-state index in [2.05, 4.69) is 36.2 Å². The summed E-state index contributed by atoms with van der Waals surface area (Å²) in [4.78, 5) is 15.0. The number of anilines is 1. The summed E-state index contributed by atoms with van der Waals surface area (Å²) in [5, 5.41) is 3.17. The van der Waals surface area contributed by atoms with Crippen LogP contribution in [0.1, 0.15) is 50.7 Å². The predicted molar refractivity (Wildman–Crippen MR) is 108 cm³/mol. The Labute approximate surface area is 163 Å². The first kappa shape index (κ1) is 22.2. The number of hydrogen-bond donors (Lipinski definition) is 2. The van der Waals surface area contributed by atoms with Gasteiger partial charge in [-0.2, -0.15) is 0 Å². The zero-order valence-corrected chi connectivity index (χ0v) is 16.8. The number of nitrogens with two attached hydrogens (primary N) is 1. The van der Waals surface area contributed by atoms with Gasteiger partial charge in [0, 0.05) is 30.7 Å². The van der Waals surface area contributed by atoms with Crippen molar-refractivity contribution in [2.45, 2.75) is 58.7 Å². The van der Waals surface area contributed by atoms with Gasteiger partial charge < -0.3 is 11.1 Å². The topological polar surface area (TPSA) is 58.4 Å². The standard InChI is InChI=1S/C19H29N3O.2ClH/c1-13(2)8-9-22-11-15-4-3-5-18(17(15)12-22)21-19(23)14-6-7-16(20)10-14;;/h3-5,13-14,16H,6-12,20H2,1-2H3,(H,21,23);2*1H. The number of benzene rings is 1. The molecular formula is C19H31Cl2N3O. The van der Waals surface area contributed by atoms with E-state index in [-0.39, 0.29) is 42.7 Å². The summed E-state index contributed by atoms with van der Waals surface area (Å²) >= 11 is 0. The normalized spacial score (nSPS) is 22.2. The zero-order valence-electron chi connectivity index (χ0n) is 15.2. The lowest BCUT2D eigenvalue weighted by Gasteiger charge is -2.16. The Bertz CT molecular complexity index is 580. The largest absolute Gasteiger partial charge is 0.328 e. The predicted octanol–water partition coefficient (Wildman–Crippen LogP) is 3.96. The second-order valence-corrected chi connectivity index (χ2v) is 7.60. The molecule has 4 nitrogen and oxygen atoms in total. The number of nitrogens with zero attached hydrogens (tertiary/aromatic N) is 1. The third kappa shape index (κ3) is 5.58. The molecule has 1 aliphatic carbocycles. The number of amides is 1. The number of carbonyl (C=O) groups excluding carboxylic acids is 1. The van der Waals surface area contributed by atoms with Crippen molar-refractivity contribution in [3.63, 3.8) is 0 Å². The summed E-state index contributed by atoms with van der Waals surface area (Å²) < 4.78 is 0. The van der Waals surface area contributed by atoms with Crippen LogP contribution in [0.3, 0.4) is 0 Å². The highest BCUT2D eigenvalue weighted by Gasteiger charge is 2.29. The monoisotopic (exact) mass is 387 g/mol. The van der Waals surface area contributed by atoms with Crippen molar-refractivity contribution < 1.29 is 4.79 Å². The molecule has 0 bridgehead atoms. The van der Waals surface area contributed by atoms with Gasteiger partial charge in [-0.1, -0.05) is 26.0 Å². The number of rotatable bonds is 5. The van der Waals surface area contributed by atoms with E-state index in [4.69, 9.17) is 5.73 Å². The third-order valence-electron chi connectivity index (χ3n) is 5.17. The van der Waals surface area contributed by atoms with Crippen LogP contribution in [0.4, 0.5) is 5.69 Å². The smallest absolute Gasteiger partial charge is 0.227 e. The van der Waals surface area contributed by atoms with Crippen molar-refractivity contribution in [1.82, 2.24) is 4.90 Å². The van der Waals surface area contributed by atoms with Gasteiger partial charge in [0.25, 0.3) is 0 Å². The number of fused-ring (bicyclic) bond motifs is 1. The lowest BCUT2D eigenvalue weighted by atomic mass is 10.1. The quantitative estimate of drug-likeness (QED) is 0.803. The average Bonchev–Trinajstić information content (AvgIpc) is 3.11. The Morgan fingerprint density at radius 2 is 2.04 bits per heavy atom. The molecule has 0 radical (unpaired) electrons. The zero-order chi connectivity index (χ0) is 16.4. The molecule has 3 rings (SSSR count). The maximum Gasteiger partial charge on any atom is 0.227 e. The molecule has 1 aliphatic heterocycles. The van der Waals surface area contributed by atoms with Crippen LogP contribution in [0.15, 0.2) is 18.2 Å². The van der Waals surface area contributed by atoms with Gasteiger partial charge in [-0.3, -0.25) is 9.69 Å². The van der Waals surface area contributed by atoms with E-state index in [9.17, 15) is 4.79 Å². The maximum absolute atomic E-state index is 12.5. The van der Waals surface area contributed by atoms with E-state index in [0.717, 1.165) is 50.5 Å². The molecule has 1 aromatic rings. The summed E-state index contributed by atoms with van der Waals surface area (Å²) in [6.45, 7) is 7.60. The Kier molecular flexibility index (Phi) is 8.69. The van der Waals surface area contributed by atoms with E-state index >= 15 is 0 Å². The first-order valence-electron chi connectivity index (χ1n) is 8.92. The molecule has 2 aliphatic rings. The highest BCUT2D eigenvalue weighted by molar-refractivity contribution is 5.93. The van der Waals surface area contributed by atoms with Gasteiger partial charge in [0.1, 0.15) is 0 Å². The molecule has 0 saturated heterocycles. The molecule has 2 atom stereocenters. The van der Waals surface area contributed by atoms with Crippen molar-refractivity contribution >= 4 is 36.4 Å². The van der Waals surface area contributed by atoms with Crippen molar-refractivity contribution in [2.75, 3.05) is 11.9 Å². The van der Waals surface area contributed by atoms with Gasteiger partial charge in [0.15, 0.2) is 0 Å². The molecule has 1 heterocycles. The fourth-order valence-electron chi connectivity index (χ4n) is 3.70. The Morgan fingerprint density at radius 1 is 1.28 bits per heavy atom. The first-order chi connectivity index (χ1) is 11.0. The summed E-state index contributed by atoms with van der Waals surface area (Å²) in [5.41, 5.74) is 9.59. The lowest BCUT2D eigenvalue weighted by Crippen LogP contribution is -2.24. The van der Waals surface area contributed by atoms with Gasteiger partial charge in [0.05, 0.1) is 0 Å². The van der Waals surface area contributed by atoms with Crippen LogP contribution in [0, 0.1) is 11.8 Å². The van der Waals surface area contributed by atoms with Gasteiger partial charge in [-0.25, -0.2) is 0 Å². The molecule has 142 valence electrons. The number of hydrogen-bond acceptors (Lipinski definition) is 3. The van der Waals surface area contributed by atoms with Crippen LogP contribution < -0.4 is 11.1 Å².